The fourth-order valence-corrected chi connectivity index (χ4v) is 2.93. The second kappa shape index (κ2) is 13.3. The van der Waals surface area contributed by atoms with Gasteiger partial charge in [0.15, 0.2) is 0 Å². The van der Waals surface area contributed by atoms with Crippen LogP contribution < -0.4 is 10.1 Å². The summed E-state index contributed by atoms with van der Waals surface area (Å²) in [7, 11) is 0. The van der Waals surface area contributed by atoms with Crippen LogP contribution in [0.2, 0.25) is 0 Å². The van der Waals surface area contributed by atoms with Crippen molar-refractivity contribution in [2.75, 3.05) is 18.5 Å². The molecule has 0 saturated carbocycles. The Morgan fingerprint density at radius 3 is 2.43 bits per heavy atom. The summed E-state index contributed by atoms with van der Waals surface area (Å²) >= 11 is 0. The van der Waals surface area contributed by atoms with Gasteiger partial charge in [0, 0.05) is 12.3 Å². The standard InChI is InChI=1S/C24H39NO5/c1-7-11-12-15-24(6,29-16-8-2)23(27)25-19-13-14-21(30-18(5)9-3)20(17-19)22(26)28-10-4/h13-14,17-18H,7-12,15-16H2,1-6H3,(H,25,27)/t18-,24+/m0/s1. The Hall–Kier alpha value is -2.08. The number of anilines is 1. The predicted octanol–water partition coefficient (Wildman–Crippen LogP) is 5.74. The Bertz CT molecular complexity index is 676. The number of benzene rings is 1. The zero-order chi connectivity index (χ0) is 22.6. The Balaban J connectivity index is 3.09. The van der Waals surface area contributed by atoms with Crippen molar-refractivity contribution < 1.29 is 23.8 Å². The molecular weight excluding hydrogens is 382 g/mol. The molecule has 30 heavy (non-hydrogen) atoms. The van der Waals surface area contributed by atoms with Gasteiger partial charge in [-0.1, -0.05) is 40.0 Å². The molecule has 0 aliphatic heterocycles. The number of rotatable bonds is 14. The van der Waals surface area contributed by atoms with E-state index in [4.69, 9.17) is 14.2 Å². The van der Waals surface area contributed by atoms with Crippen molar-refractivity contribution in [2.24, 2.45) is 0 Å². The molecule has 1 aromatic carbocycles. The number of carbonyl (C=O) groups excluding carboxylic acids is 2. The van der Waals surface area contributed by atoms with E-state index in [1.807, 2.05) is 27.7 Å². The van der Waals surface area contributed by atoms with Crippen LogP contribution in [-0.4, -0.2) is 36.8 Å². The highest BCUT2D eigenvalue weighted by Gasteiger charge is 2.34. The summed E-state index contributed by atoms with van der Waals surface area (Å²) in [6.45, 7) is 12.5. The summed E-state index contributed by atoms with van der Waals surface area (Å²) in [6.07, 6.45) is 5.30. The molecular formula is C24H39NO5. The first kappa shape index (κ1) is 26.0. The van der Waals surface area contributed by atoms with Crippen LogP contribution in [0.5, 0.6) is 5.75 Å². The molecule has 6 nitrogen and oxygen atoms in total. The van der Waals surface area contributed by atoms with Crippen LogP contribution in [0.25, 0.3) is 0 Å². The minimum atomic E-state index is -0.916. The molecule has 1 aromatic rings. The lowest BCUT2D eigenvalue weighted by molar-refractivity contribution is -0.140. The molecule has 0 heterocycles. The summed E-state index contributed by atoms with van der Waals surface area (Å²) in [5.74, 6) is -0.231. The maximum absolute atomic E-state index is 13.1. The van der Waals surface area contributed by atoms with E-state index in [-0.39, 0.29) is 18.6 Å². The minimum absolute atomic E-state index is 0.0390. The first-order valence-electron chi connectivity index (χ1n) is 11.2. The zero-order valence-corrected chi connectivity index (χ0v) is 19.5. The first-order chi connectivity index (χ1) is 14.3. The molecule has 1 amide bonds. The highest BCUT2D eigenvalue weighted by Crippen LogP contribution is 2.27. The van der Waals surface area contributed by atoms with Gasteiger partial charge in [-0.2, -0.15) is 0 Å². The number of nitrogens with one attached hydrogen (secondary N) is 1. The van der Waals surface area contributed by atoms with Gasteiger partial charge in [0.2, 0.25) is 0 Å². The second-order valence-corrected chi connectivity index (χ2v) is 7.76. The molecule has 0 unspecified atom stereocenters. The number of unbranched alkanes of at least 4 members (excludes halogenated alkanes) is 2. The van der Waals surface area contributed by atoms with Crippen LogP contribution >= 0.6 is 0 Å². The lowest BCUT2D eigenvalue weighted by Crippen LogP contribution is -2.43. The molecule has 0 spiro atoms. The van der Waals surface area contributed by atoms with E-state index in [9.17, 15) is 9.59 Å². The highest BCUT2D eigenvalue weighted by molar-refractivity contribution is 5.99. The van der Waals surface area contributed by atoms with Crippen LogP contribution in [0.1, 0.15) is 90.4 Å². The van der Waals surface area contributed by atoms with Gasteiger partial charge in [0.1, 0.15) is 16.9 Å². The average molecular weight is 422 g/mol. The van der Waals surface area contributed by atoms with Crippen molar-refractivity contribution in [3.63, 3.8) is 0 Å². The highest BCUT2D eigenvalue weighted by atomic mass is 16.5. The van der Waals surface area contributed by atoms with E-state index < -0.39 is 11.6 Å². The third-order valence-electron chi connectivity index (χ3n) is 5.00. The molecule has 0 bridgehead atoms. The van der Waals surface area contributed by atoms with Crippen molar-refractivity contribution in [2.45, 2.75) is 91.8 Å². The quantitative estimate of drug-likeness (QED) is 0.306. The number of hydrogen-bond donors (Lipinski definition) is 1. The SMILES string of the molecule is CCCCC[C@@](C)(OCCC)C(=O)Nc1ccc(O[C@@H](C)CC)c(C(=O)OCC)c1. The molecule has 0 saturated heterocycles. The van der Waals surface area contributed by atoms with Crippen LogP contribution in [0.4, 0.5) is 5.69 Å². The van der Waals surface area contributed by atoms with Gasteiger partial charge < -0.3 is 19.5 Å². The van der Waals surface area contributed by atoms with Gasteiger partial charge in [0.25, 0.3) is 5.91 Å². The molecule has 1 N–H and O–H groups in total. The molecule has 0 radical (unpaired) electrons. The number of amides is 1. The van der Waals surface area contributed by atoms with Crippen LogP contribution in [0.3, 0.4) is 0 Å². The van der Waals surface area contributed by atoms with Crippen molar-refractivity contribution in [3.8, 4) is 5.75 Å². The van der Waals surface area contributed by atoms with Crippen LogP contribution in [0, 0.1) is 0 Å². The van der Waals surface area contributed by atoms with Crippen molar-refractivity contribution in [1.82, 2.24) is 0 Å². The minimum Gasteiger partial charge on any atom is -0.490 e. The van der Waals surface area contributed by atoms with Gasteiger partial charge in [0.05, 0.1) is 12.7 Å². The van der Waals surface area contributed by atoms with Crippen molar-refractivity contribution in [1.29, 1.82) is 0 Å². The monoisotopic (exact) mass is 421 g/mol. The Morgan fingerprint density at radius 2 is 1.83 bits per heavy atom. The fraction of sp³-hybridized carbons (Fsp3) is 0.667. The Morgan fingerprint density at radius 1 is 1.10 bits per heavy atom. The molecule has 0 aromatic heterocycles. The summed E-state index contributed by atoms with van der Waals surface area (Å²) in [4.78, 5) is 25.5. The molecule has 170 valence electrons. The second-order valence-electron chi connectivity index (χ2n) is 7.76. The van der Waals surface area contributed by atoms with Gasteiger partial charge in [-0.15, -0.1) is 0 Å². The van der Waals surface area contributed by atoms with Gasteiger partial charge >= 0.3 is 5.97 Å². The van der Waals surface area contributed by atoms with E-state index in [2.05, 4.69) is 12.2 Å². The third kappa shape index (κ3) is 7.98. The predicted molar refractivity (Wildman–Crippen MR) is 120 cm³/mol. The number of esters is 1. The number of hydrogen-bond acceptors (Lipinski definition) is 5. The zero-order valence-electron chi connectivity index (χ0n) is 19.5. The average Bonchev–Trinajstić information content (AvgIpc) is 2.73. The summed E-state index contributed by atoms with van der Waals surface area (Å²) < 4.78 is 17.0. The van der Waals surface area contributed by atoms with E-state index in [1.54, 1.807) is 25.1 Å². The largest absolute Gasteiger partial charge is 0.490 e. The van der Waals surface area contributed by atoms with E-state index in [0.29, 0.717) is 30.0 Å². The molecule has 0 fully saturated rings. The Kier molecular flexibility index (Phi) is 11.5. The number of carbonyl (C=O) groups is 2. The van der Waals surface area contributed by atoms with E-state index >= 15 is 0 Å². The molecule has 0 aliphatic carbocycles. The molecule has 2 atom stereocenters. The normalized spacial score (nSPS) is 13.9. The maximum atomic E-state index is 13.1. The van der Waals surface area contributed by atoms with E-state index in [1.165, 1.54) is 0 Å². The third-order valence-corrected chi connectivity index (χ3v) is 5.00. The summed E-state index contributed by atoms with van der Waals surface area (Å²) in [6, 6.07) is 5.06. The lowest BCUT2D eigenvalue weighted by Gasteiger charge is -2.29. The van der Waals surface area contributed by atoms with Crippen LogP contribution in [-0.2, 0) is 14.3 Å². The molecule has 0 aliphatic rings. The lowest BCUT2D eigenvalue weighted by atomic mass is 9.96. The topological polar surface area (TPSA) is 73.9 Å². The first-order valence-corrected chi connectivity index (χ1v) is 11.2. The Labute approximate surface area is 181 Å². The van der Waals surface area contributed by atoms with Crippen LogP contribution in [0.15, 0.2) is 18.2 Å². The number of ether oxygens (including phenoxy) is 3. The molecule has 6 heteroatoms. The van der Waals surface area contributed by atoms with Gasteiger partial charge in [-0.3, -0.25) is 4.79 Å². The van der Waals surface area contributed by atoms with Gasteiger partial charge in [-0.25, -0.2) is 4.79 Å². The van der Waals surface area contributed by atoms with Crippen molar-refractivity contribution in [3.05, 3.63) is 23.8 Å². The molecule has 1 rings (SSSR count). The fourth-order valence-electron chi connectivity index (χ4n) is 2.93. The van der Waals surface area contributed by atoms with E-state index in [0.717, 1.165) is 32.1 Å². The summed E-state index contributed by atoms with van der Waals surface area (Å²) in [5, 5.41) is 2.92. The van der Waals surface area contributed by atoms with Gasteiger partial charge in [-0.05, 0) is 58.2 Å². The summed E-state index contributed by atoms with van der Waals surface area (Å²) in [5.41, 5.74) is -0.0975. The smallest absolute Gasteiger partial charge is 0.341 e. The maximum Gasteiger partial charge on any atom is 0.341 e. The van der Waals surface area contributed by atoms with Crippen molar-refractivity contribution >= 4 is 17.6 Å².